The topological polar surface area (TPSA) is 323 Å². The molecule has 22 nitrogen and oxygen atoms in total. The van der Waals surface area contributed by atoms with Gasteiger partial charge in [-0.25, -0.2) is 29.1 Å². The molecule has 26 heteroatoms. The predicted molar refractivity (Wildman–Crippen MR) is 160 cm³/mol. The van der Waals surface area contributed by atoms with Crippen LogP contribution in [0.3, 0.4) is 0 Å². The zero-order valence-electron chi connectivity index (χ0n) is 23.0. The average molecular weight is 727 g/mol. The van der Waals surface area contributed by atoms with Crippen LogP contribution >= 0.6 is 40.9 Å². The molecule has 2 saturated heterocycles. The highest BCUT2D eigenvalue weighted by Crippen LogP contribution is 2.60. The average Bonchev–Trinajstić information content (AvgIpc) is 3.53. The number of aromatic nitrogens is 4. The number of phosphoric ester groups is 2. The second kappa shape index (κ2) is 12.6. The van der Waals surface area contributed by atoms with Gasteiger partial charge in [-0.2, -0.15) is 34.6 Å². The van der Waals surface area contributed by atoms with Crippen LogP contribution in [0.25, 0.3) is 11.2 Å². The number of carbonyl (C=O) groups is 1. The van der Waals surface area contributed by atoms with Crippen LogP contribution in [-0.2, 0) is 36.8 Å². The molecule has 4 aliphatic rings. The highest BCUT2D eigenvalue weighted by atomic mass is 32.1. The number of carbonyl (C=O) groups excluding carboxylic acids is 1. The lowest BCUT2D eigenvalue weighted by Crippen LogP contribution is -2.69. The molecule has 1 amide bonds. The number of guanidine groups is 1. The van der Waals surface area contributed by atoms with Crippen molar-refractivity contribution in [3.63, 3.8) is 0 Å². The molecule has 0 radical (unpaired) electrons. The molecule has 5 unspecified atom stereocenters. The number of amidine groups is 1. The summed E-state index contributed by atoms with van der Waals surface area (Å²) < 4.78 is 52.0. The Morgan fingerprint density at radius 1 is 1.00 bits per heavy atom. The van der Waals surface area contributed by atoms with Crippen LogP contribution < -0.4 is 22.1 Å². The molecule has 2 aromatic heterocycles. The number of ether oxygens (including phenoxy) is 2. The molecule has 6 heterocycles. The minimum absolute atomic E-state index is 0.0575. The first-order valence-electron chi connectivity index (χ1n) is 13.2. The summed E-state index contributed by atoms with van der Waals surface area (Å²) in [4.78, 5) is 52.8. The van der Waals surface area contributed by atoms with Crippen molar-refractivity contribution in [3.05, 3.63) is 12.7 Å². The monoisotopic (exact) mass is 726 g/mol. The van der Waals surface area contributed by atoms with Gasteiger partial charge in [0, 0.05) is 10.5 Å². The van der Waals surface area contributed by atoms with Crippen molar-refractivity contribution < 1.29 is 56.8 Å². The Kier molecular flexibility index (Phi) is 9.23. The molecule has 4 aliphatic heterocycles. The van der Waals surface area contributed by atoms with E-state index in [9.17, 15) is 33.9 Å². The number of thiol groups is 2. The first-order valence-corrected chi connectivity index (χ1v) is 17.3. The SMILES string of the molecule is NC1=NC2=N[C@@H]3O[C@H](COP(=O)(O)OP(=O)(O)OC[C@H]4O[C@@H](n5cnc6c(N)ncnc65)[C@H](O)[C@@H]4O)C(S)C(S)[C@@H]3NC2C(=O)N1. The lowest BCUT2D eigenvalue weighted by Gasteiger charge is -2.46. The third-order valence-electron chi connectivity index (χ3n) is 7.35. The van der Waals surface area contributed by atoms with E-state index in [4.69, 9.17) is 30.0 Å². The van der Waals surface area contributed by atoms with E-state index in [1.165, 1.54) is 10.9 Å². The molecular formula is C20H28N10O12P2S2. The summed E-state index contributed by atoms with van der Waals surface area (Å²) in [5, 5.41) is 25.1. The summed E-state index contributed by atoms with van der Waals surface area (Å²) in [7, 11) is -10.6. The molecule has 252 valence electrons. The van der Waals surface area contributed by atoms with Gasteiger partial charge in [0.05, 0.1) is 31.7 Å². The van der Waals surface area contributed by atoms with Crippen molar-refractivity contribution in [1.29, 1.82) is 0 Å². The molecule has 0 aromatic carbocycles. The molecule has 0 aliphatic carbocycles. The van der Waals surface area contributed by atoms with E-state index < -0.39 is 94.2 Å². The van der Waals surface area contributed by atoms with E-state index in [1.54, 1.807) is 0 Å². The molecule has 0 bridgehead atoms. The van der Waals surface area contributed by atoms with Crippen LogP contribution in [-0.4, -0.2) is 124 Å². The van der Waals surface area contributed by atoms with E-state index in [0.717, 1.165) is 6.33 Å². The lowest BCUT2D eigenvalue weighted by molar-refractivity contribution is -0.122. The van der Waals surface area contributed by atoms with Crippen LogP contribution in [0, 0.1) is 0 Å². The zero-order chi connectivity index (χ0) is 33.1. The van der Waals surface area contributed by atoms with Gasteiger partial charge in [0.2, 0.25) is 5.96 Å². The maximum Gasteiger partial charge on any atom is 0.481 e. The van der Waals surface area contributed by atoms with Gasteiger partial charge >= 0.3 is 15.6 Å². The van der Waals surface area contributed by atoms with E-state index in [-0.39, 0.29) is 28.8 Å². The smallest absolute Gasteiger partial charge is 0.387 e. The first-order chi connectivity index (χ1) is 21.6. The molecule has 46 heavy (non-hydrogen) atoms. The van der Waals surface area contributed by atoms with Crippen LogP contribution in [0.5, 0.6) is 0 Å². The second-order valence-electron chi connectivity index (χ2n) is 10.4. The molecule has 10 N–H and O–H groups in total. The number of nitrogens with two attached hydrogens (primary N) is 2. The number of rotatable bonds is 9. The van der Waals surface area contributed by atoms with Crippen molar-refractivity contribution in [2.45, 2.75) is 59.5 Å². The number of amides is 1. The quantitative estimate of drug-likeness (QED) is 0.0897. The Morgan fingerprint density at radius 3 is 2.41 bits per heavy atom. The Bertz CT molecular complexity index is 1680. The van der Waals surface area contributed by atoms with Crippen LogP contribution in [0.4, 0.5) is 5.82 Å². The van der Waals surface area contributed by atoms with Gasteiger partial charge in [0.1, 0.15) is 36.2 Å². The van der Waals surface area contributed by atoms with Gasteiger partial charge in [0.25, 0.3) is 5.91 Å². The molecule has 0 spiro atoms. The predicted octanol–water partition coefficient (Wildman–Crippen LogP) is -3.22. The number of nitrogen functional groups attached to an aromatic ring is 1. The minimum atomic E-state index is -5.33. The number of aliphatic hydroxyl groups is 2. The van der Waals surface area contributed by atoms with Crippen molar-refractivity contribution in [1.82, 2.24) is 30.2 Å². The van der Waals surface area contributed by atoms with E-state index in [0.29, 0.717) is 0 Å². The Labute approximate surface area is 269 Å². The Balaban J connectivity index is 1.05. The van der Waals surface area contributed by atoms with Crippen LogP contribution in [0.2, 0.25) is 0 Å². The van der Waals surface area contributed by atoms with E-state index >= 15 is 0 Å². The zero-order valence-corrected chi connectivity index (χ0v) is 26.6. The fourth-order valence-electron chi connectivity index (χ4n) is 5.15. The van der Waals surface area contributed by atoms with Crippen molar-refractivity contribution in [2.24, 2.45) is 15.7 Å². The largest absolute Gasteiger partial charge is 0.481 e. The molecule has 6 rings (SSSR count). The number of phosphoric acid groups is 2. The number of hydrogen-bond donors (Lipinski definition) is 10. The molecular weight excluding hydrogens is 698 g/mol. The number of nitrogens with one attached hydrogen (secondary N) is 2. The number of aliphatic hydroxyl groups excluding tert-OH is 2. The fraction of sp³-hybridized carbons (Fsp3) is 0.600. The minimum Gasteiger partial charge on any atom is -0.387 e. The molecule has 2 fully saturated rings. The van der Waals surface area contributed by atoms with Gasteiger partial charge in [0.15, 0.2) is 29.8 Å². The summed E-state index contributed by atoms with van der Waals surface area (Å²) in [6.07, 6.45) is -5.47. The third kappa shape index (κ3) is 6.56. The summed E-state index contributed by atoms with van der Waals surface area (Å²) >= 11 is 8.99. The fourth-order valence-corrected chi connectivity index (χ4v) is 8.01. The first kappa shape index (κ1) is 33.6. The van der Waals surface area contributed by atoms with Gasteiger partial charge < -0.3 is 40.9 Å². The summed E-state index contributed by atoms with van der Waals surface area (Å²) in [6.45, 7) is -1.53. The Hall–Kier alpha value is -2.28. The number of nitrogens with zero attached hydrogens (tertiary/aromatic N) is 6. The van der Waals surface area contributed by atoms with Crippen LogP contribution in [0.1, 0.15) is 6.23 Å². The maximum absolute atomic E-state index is 12.6. The van der Waals surface area contributed by atoms with E-state index in [1.807, 2.05) is 0 Å². The van der Waals surface area contributed by atoms with Gasteiger partial charge in [-0.1, -0.05) is 0 Å². The summed E-state index contributed by atoms with van der Waals surface area (Å²) in [6, 6.07) is -1.53. The van der Waals surface area contributed by atoms with Gasteiger partial charge in [-0.05, 0) is 0 Å². The standard InChI is InChI=1S/C20H28N10O12P2S2/c21-14-8-16(24-3-23-14)30(4-25-8)19-11(32)10(31)5(41-19)1-38-43(34,35)42-44(36,37)39-2-6-12(45)13(46)7-18(40-6)27-15-9(26-7)17(33)29-20(22)28-15/h3-7,9-13,18-19,26,31-32,45-46H,1-2H2,(H,34,35)(H,36,37)(H2,21,23,24)(H3,22,27,28,29,33)/t5-,6-,7+,9?,10-,11-,12?,13?,18-,19-/m1/s1. The number of hydrogen-bond acceptors (Lipinski definition) is 20. The maximum atomic E-state index is 12.6. The van der Waals surface area contributed by atoms with E-state index in [2.05, 4.69) is 65.1 Å². The number of anilines is 1. The Morgan fingerprint density at radius 2 is 1.70 bits per heavy atom. The number of fused-ring (bicyclic) bond motifs is 3. The van der Waals surface area contributed by atoms with Crippen molar-refractivity contribution in [2.75, 3.05) is 18.9 Å². The van der Waals surface area contributed by atoms with Crippen molar-refractivity contribution in [3.8, 4) is 0 Å². The highest BCUT2D eigenvalue weighted by molar-refractivity contribution is 7.85. The molecule has 0 saturated carbocycles. The van der Waals surface area contributed by atoms with Crippen molar-refractivity contribution >= 4 is 75.6 Å². The summed E-state index contributed by atoms with van der Waals surface area (Å²) in [5.41, 5.74) is 11.8. The number of imidazole rings is 1. The van der Waals surface area contributed by atoms with Gasteiger partial charge in [-0.3, -0.25) is 29.0 Å². The van der Waals surface area contributed by atoms with Gasteiger partial charge in [-0.15, -0.1) is 0 Å². The molecule has 2 aromatic rings. The van der Waals surface area contributed by atoms with Crippen LogP contribution in [0.15, 0.2) is 22.6 Å². The lowest BCUT2D eigenvalue weighted by atomic mass is 9.98. The second-order valence-corrected chi connectivity index (χ2v) is 14.6. The number of aliphatic imine (C=N–C) groups is 2. The normalized spacial score (nSPS) is 37.0. The molecule has 12 atom stereocenters. The third-order valence-corrected chi connectivity index (χ3v) is 11.5. The highest BCUT2D eigenvalue weighted by Gasteiger charge is 2.50. The summed E-state index contributed by atoms with van der Waals surface area (Å²) in [5.74, 6) is -0.509.